The van der Waals surface area contributed by atoms with E-state index in [1.54, 1.807) is 0 Å². The van der Waals surface area contributed by atoms with E-state index in [1.807, 2.05) is 11.3 Å². The Labute approximate surface area is 341 Å². The Bertz CT molecular complexity index is 3150. The number of rotatable bonds is 8. The van der Waals surface area contributed by atoms with E-state index < -0.39 is 0 Å². The van der Waals surface area contributed by atoms with Gasteiger partial charge in [0.2, 0.25) is 0 Å². The summed E-state index contributed by atoms with van der Waals surface area (Å²) in [5.74, 6) is 0. The lowest BCUT2D eigenvalue weighted by atomic mass is 10.0. The highest BCUT2D eigenvalue weighted by Crippen LogP contribution is 2.46. The number of nitrogens with zero attached hydrogens (tertiary/aromatic N) is 3. The minimum atomic E-state index is 1.09. The summed E-state index contributed by atoms with van der Waals surface area (Å²) in [7, 11) is 0. The van der Waals surface area contributed by atoms with Crippen molar-refractivity contribution in [1.29, 1.82) is 0 Å². The molecule has 0 unspecified atom stereocenters. The van der Waals surface area contributed by atoms with Crippen LogP contribution in [-0.2, 0) is 0 Å². The molecule has 0 spiro atoms. The van der Waals surface area contributed by atoms with Crippen LogP contribution < -0.4 is 9.80 Å². The molecule has 0 bridgehead atoms. The molecule has 2 aromatic heterocycles. The SMILES string of the molecule is c1ccc(-c2ccc(N(c3ccccc3)c3ccc(-n4c5cc(N(c6ccccc6)c6ccccc6)ccc5c5c6sc7ccccc7c6ccc54)cc3)cc2)cc1. The minimum Gasteiger partial charge on any atom is -0.311 e. The highest BCUT2D eigenvalue weighted by molar-refractivity contribution is 7.26. The molecule has 0 aliphatic heterocycles. The van der Waals surface area contributed by atoms with Crippen LogP contribution in [0.5, 0.6) is 0 Å². The molecule has 0 fully saturated rings. The summed E-state index contributed by atoms with van der Waals surface area (Å²) in [6.07, 6.45) is 0. The topological polar surface area (TPSA) is 11.4 Å². The molecule has 3 nitrogen and oxygen atoms in total. The van der Waals surface area contributed by atoms with Crippen molar-refractivity contribution in [3.63, 3.8) is 0 Å². The van der Waals surface area contributed by atoms with E-state index >= 15 is 0 Å². The average Bonchev–Trinajstić information content (AvgIpc) is 3.84. The maximum atomic E-state index is 2.46. The van der Waals surface area contributed by atoms with E-state index in [2.05, 4.69) is 239 Å². The fourth-order valence-corrected chi connectivity index (χ4v) is 9.76. The molecule has 58 heavy (non-hydrogen) atoms. The van der Waals surface area contributed by atoms with Gasteiger partial charge < -0.3 is 14.4 Å². The first kappa shape index (κ1) is 33.9. The van der Waals surface area contributed by atoms with Gasteiger partial charge in [0.25, 0.3) is 0 Å². The highest BCUT2D eigenvalue weighted by Gasteiger charge is 2.21. The molecular formula is C54H37N3S. The second-order valence-electron chi connectivity index (χ2n) is 14.6. The van der Waals surface area contributed by atoms with Gasteiger partial charge in [-0.25, -0.2) is 0 Å². The first-order valence-corrected chi connectivity index (χ1v) is 20.5. The lowest BCUT2D eigenvalue weighted by Crippen LogP contribution is -2.10. The van der Waals surface area contributed by atoms with Crippen molar-refractivity contribution in [2.45, 2.75) is 0 Å². The van der Waals surface area contributed by atoms with Crippen LogP contribution in [0.1, 0.15) is 0 Å². The number of thiophene rings is 1. The molecule has 0 N–H and O–H groups in total. The number of hydrogen-bond acceptors (Lipinski definition) is 3. The van der Waals surface area contributed by atoms with Crippen LogP contribution >= 0.6 is 11.3 Å². The van der Waals surface area contributed by atoms with Crippen LogP contribution in [0, 0.1) is 0 Å². The van der Waals surface area contributed by atoms with Crippen LogP contribution in [0.25, 0.3) is 58.8 Å². The summed E-state index contributed by atoms with van der Waals surface area (Å²) < 4.78 is 5.09. The summed E-state index contributed by atoms with van der Waals surface area (Å²) >= 11 is 1.89. The van der Waals surface area contributed by atoms with Crippen LogP contribution in [-0.4, -0.2) is 4.57 Å². The van der Waals surface area contributed by atoms with Gasteiger partial charge in [-0.3, -0.25) is 0 Å². The number of fused-ring (bicyclic) bond motifs is 7. The molecule has 0 aliphatic carbocycles. The van der Waals surface area contributed by atoms with Gasteiger partial charge in [0.1, 0.15) is 0 Å². The lowest BCUT2D eigenvalue weighted by Gasteiger charge is -2.26. The second kappa shape index (κ2) is 14.3. The third kappa shape index (κ3) is 5.82. The monoisotopic (exact) mass is 759 g/mol. The van der Waals surface area contributed by atoms with Gasteiger partial charge in [-0.2, -0.15) is 0 Å². The van der Waals surface area contributed by atoms with Crippen molar-refractivity contribution in [3.05, 3.63) is 224 Å². The van der Waals surface area contributed by atoms with Crippen molar-refractivity contribution >= 4 is 87.4 Å². The van der Waals surface area contributed by atoms with E-state index in [-0.39, 0.29) is 0 Å². The van der Waals surface area contributed by atoms with Gasteiger partial charge in [0.05, 0.1) is 11.0 Å². The van der Waals surface area contributed by atoms with E-state index in [0.29, 0.717) is 0 Å². The normalized spacial score (nSPS) is 11.4. The zero-order valence-electron chi connectivity index (χ0n) is 31.6. The fraction of sp³-hybridized carbons (Fsp3) is 0. The van der Waals surface area contributed by atoms with E-state index in [0.717, 1.165) is 39.8 Å². The first-order valence-electron chi connectivity index (χ1n) is 19.7. The number of hydrogen-bond donors (Lipinski definition) is 0. The molecule has 0 saturated carbocycles. The van der Waals surface area contributed by atoms with Crippen molar-refractivity contribution in [3.8, 4) is 16.8 Å². The van der Waals surface area contributed by atoms with Gasteiger partial charge in [-0.15, -0.1) is 11.3 Å². The standard InChI is InChI=1S/C54H37N3S/c1-5-15-38(16-6-1)39-25-27-43(28-26-39)55(40-17-7-2-8-18-40)44-29-31-45(32-30-44)57-50-36-35-48-47-23-13-14-24-52(47)58-54(48)53(50)49-34-33-46(37-51(49)57)56(41-19-9-3-10-20-41)42-21-11-4-12-22-42/h1-37H. The first-order chi connectivity index (χ1) is 28.8. The Kier molecular flexibility index (Phi) is 8.34. The van der Waals surface area contributed by atoms with Gasteiger partial charge in [-0.05, 0) is 108 Å². The molecule has 0 amide bonds. The summed E-state index contributed by atoms with van der Waals surface area (Å²) in [6.45, 7) is 0. The molecule has 11 rings (SSSR count). The average molecular weight is 760 g/mol. The van der Waals surface area contributed by atoms with Gasteiger partial charge in [0, 0.05) is 70.8 Å². The lowest BCUT2D eigenvalue weighted by molar-refractivity contribution is 1.17. The molecule has 274 valence electrons. The summed E-state index contributed by atoms with van der Waals surface area (Å²) in [6, 6.07) is 80.8. The second-order valence-corrected chi connectivity index (χ2v) is 15.6. The van der Waals surface area contributed by atoms with Crippen molar-refractivity contribution in [2.75, 3.05) is 9.80 Å². The summed E-state index contributed by atoms with van der Waals surface area (Å²) in [4.78, 5) is 4.68. The molecule has 0 atom stereocenters. The van der Waals surface area contributed by atoms with Gasteiger partial charge in [0.15, 0.2) is 0 Å². The number of para-hydroxylation sites is 3. The fourth-order valence-electron chi connectivity index (χ4n) is 8.50. The maximum absolute atomic E-state index is 2.46. The quantitative estimate of drug-likeness (QED) is 0.153. The Morgan fingerprint density at radius 3 is 1.41 bits per heavy atom. The molecule has 0 saturated heterocycles. The molecule has 2 heterocycles. The van der Waals surface area contributed by atoms with Crippen LogP contribution in [0.2, 0.25) is 0 Å². The van der Waals surface area contributed by atoms with Crippen LogP contribution in [0.3, 0.4) is 0 Å². The van der Waals surface area contributed by atoms with Crippen molar-refractivity contribution in [2.24, 2.45) is 0 Å². The van der Waals surface area contributed by atoms with E-state index in [9.17, 15) is 0 Å². The molecule has 0 radical (unpaired) electrons. The zero-order chi connectivity index (χ0) is 38.4. The van der Waals surface area contributed by atoms with Crippen molar-refractivity contribution < 1.29 is 0 Å². The van der Waals surface area contributed by atoms with Gasteiger partial charge >= 0.3 is 0 Å². The molecule has 4 heteroatoms. The third-order valence-electron chi connectivity index (χ3n) is 11.2. The Morgan fingerprint density at radius 1 is 0.328 bits per heavy atom. The molecule has 11 aromatic rings. The molecular weight excluding hydrogens is 723 g/mol. The Morgan fingerprint density at radius 2 is 0.793 bits per heavy atom. The maximum Gasteiger partial charge on any atom is 0.0562 e. The number of aromatic nitrogens is 1. The number of benzene rings is 9. The predicted octanol–water partition coefficient (Wildman–Crippen LogP) is 15.8. The van der Waals surface area contributed by atoms with Gasteiger partial charge in [-0.1, -0.05) is 127 Å². The number of anilines is 6. The summed E-state index contributed by atoms with van der Waals surface area (Å²) in [5.41, 5.74) is 12.5. The highest BCUT2D eigenvalue weighted by atomic mass is 32.1. The largest absolute Gasteiger partial charge is 0.311 e. The van der Waals surface area contributed by atoms with Crippen molar-refractivity contribution in [1.82, 2.24) is 4.57 Å². The zero-order valence-corrected chi connectivity index (χ0v) is 32.4. The van der Waals surface area contributed by atoms with Crippen LogP contribution in [0.4, 0.5) is 34.1 Å². The summed E-state index contributed by atoms with van der Waals surface area (Å²) in [5, 5.41) is 5.15. The minimum absolute atomic E-state index is 1.09. The molecule has 0 aliphatic rings. The van der Waals surface area contributed by atoms with E-state index in [1.165, 1.54) is 53.1 Å². The third-order valence-corrected chi connectivity index (χ3v) is 12.4. The van der Waals surface area contributed by atoms with Crippen LogP contribution in [0.15, 0.2) is 224 Å². The Balaban J connectivity index is 1.10. The smallest absolute Gasteiger partial charge is 0.0562 e. The molecule has 9 aromatic carbocycles. The Hall–Kier alpha value is -7.40. The predicted molar refractivity (Wildman–Crippen MR) is 248 cm³/mol. The van der Waals surface area contributed by atoms with E-state index in [4.69, 9.17) is 0 Å².